The molecule has 1 aromatic rings. The van der Waals surface area contributed by atoms with Crippen molar-refractivity contribution in [3.8, 4) is 5.75 Å². The first-order valence-electron chi connectivity index (χ1n) is 4.19. The second kappa shape index (κ2) is 5.23. The fourth-order valence-corrected chi connectivity index (χ4v) is 1.45. The number of hydrogen-bond donors (Lipinski definition) is 0. The van der Waals surface area contributed by atoms with Gasteiger partial charge in [-0.15, -0.1) is 0 Å². The second-order valence-corrected chi connectivity index (χ2v) is 4.24. The van der Waals surface area contributed by atoms with Crippen molar-refractivity contribution in [2.75, 3.05) is 14.1 Å². The summed E-state index contributed by atoms with van der Waals surface area (Å²) >= 11 is 8.30. The van der Waals surface area contributed by atoms with Crippen LogP contribution in [0.3, 0.4) is 0 Å². The van der Waals surface area contributed by atoms with E-state index in [0.29, 0.717) is 21.0 Å². The van der Waals surface area contributed by atoms with E-state index in [9.17, 15) is 4.79 Å². The maximum Gasteiger partial charge on any atom is 0.264 e. The summed E-state index contributed by atoms with van der Waals surface area (Å²) in [6.07, 6.45) is 0.734. The Morgan fingerprint density at radius 3 is 2.73 bits per heavy atom. The minimum absolute atomic E-state index is 0.310. The van der Waals surface area contributed by atoms with Crippen molar-refractivity contribution < 1.29 is 9.53 Å². The molecule has 0 saturated carbocycles. The first-order valence-corrected chi connectivity index (χ1v) is 5.39. The van der Waals surface area contributed by atoms with Crippen LogP contribution in [0.4, 0.5) is 0 Å². The molecule has 0 amide bonds. The van der Waals surface area contributed by atoms with E-state index < -0.39 is 0 Å². The van der Waals surface area contributed by atoms with Crippen LogP contribution in [0.2, 0.25) is 0 Å². The van der Waals surface area contributed by atoms with Crippen LogP contribution in [0, 0.1) is 0 Å². The molecule has 1 aromatic carbocycles. The molecule has 0 atom stereocenters. The molecule has 80 valence electrons. The minimum Gasteiger partial charge on any atom is -0.430 e. The van der Waals surface area contributed by atoms with Crippen molar-refractivity contribution in [2.24, 2.45) is 0 Å². The average Bonchev–Trinajstić information content (AvgIpc) is 2.20. The molecule has 15 heavy (non-hydrogen) atoms. The SMILES string of the molecule is CN(C)C(=S)Oc1c(Br)cccc1C=O. The molecule has 5 heteroatoms. The van der Waals surface area contributed by atoms with Crippen LogP contribution in [0.25, 0.3) is 0 Å². The Morgan fingerprint density at radius 2 is 2.20 bits per heavy atom. The zero-order valence-electron chi connectivity index (χ0n) is 8.36. The Hall–Kier alpha value is -0.940. The highest BCUT2D eigenvalue weighted by Gasteiger charge is 2.10. The molecule has 0 aromatic heterocycles. The van der Waals surface area contributed by atoms with Gasteiger partial charge >= 0.3 is 0 Å². The summed E-state index contributed by atoms with van der Waals surface area (Å²) in [4.78, 5) is 12.4. The van der Waals surface area contributed by atoms with E-state index in [1.54, 1.807) is 37.2 Å². The zero-order chi connectivity index (χ0) is 11.4. The number of carbonyl (C=O) groups excluding carboxylic acids is 1. The highest BCUT2D eigenvalue weighted by atomic mass is 79.9. The predicted molar refractivity (Wildman–Crippen MR) is 66.4 cm³/mol. The standard InChI is InChI=1S/C10H10BrNO2S/c1-12(2)10(15)14-9-7(6-13)4-3-5-8(9)11/h3-6H,1-2H3. The Kier molecular flexibility index (Phi) is 4.23. The number of ether oxygens (including phenoxy) is 1. The molecule has 0 heterocycles. The monoisotopic (exact) mass is 287 g/mol. The number of benzene rings is 1. The number of rotatable bonds is 2. The maximum absolute atomic E-state index is 10.8. The van der Waals surface area contributed by atoms with Crippen molar-refractivity contribution >= 4 is 39.6 Å². The van der Waals surface area contributed by atoms with Gasteiger partial charge in [-0.3, -0.25) is 4.79 Å². The quantitative estimate of drug-likeness (QED) is 0.617. The lowest BCUT2D eigenvalue weighted by Gasteiger charge is -2.15. The molecule has 0 aliphatic carbocycles. The molecule has 0 saturated heterocycles. The largest absolute Gasteiger partial charge is 0.430 e. The highest BCUT2D eigenvalue weighted by Crippen LogP contribution is 2.28. The topological polar surface area (TPSA) is 29.5 Å². The lowest BCUT2D eigenvalue weighted by atomic mass is 10.2. The highest BCUT2D eigenvalue weighted by molar-refractivity contribution is 9.10. The number of para-hydroxylation sites is 1. The summed E-state index contributed by atoms with van der Waals surface area (Å²) in [7, 11) is 3.56. The Bertz CT molecular complexity index is 393. The molecular weight excluding hydrogens is 278 g/mol. The molecule has 0 bridgehead atoms. The van der Waals surface area contributed by atoms with E-state index in [1.807, 2.05) is 0 Å². The molecule has 0 fully saturated rings. The van der Waals surface area contributed by atoms with Crippen LogP contribution in [0.5, 0.6) is 5.75 Å². The summed E-state index contributed by atoms with van der Waals surface area (Å²) in [6.45, 7) is 0. The summed E-state index contributed by atoms with van der Waals surface area (Å²) in [5, 5.41) is 0.310. The lowest BCUT2D eigenvalue weighted by molar-refractivity contribution is 0.112. The number of aldehydes is 1. The third-order valence-corrected chi connectivity index (χ3v) is 2.75. The molecule has 3 nitrogen and oxygen atoms in total. The van der Waals surface area contributed by atoms with E-state index in [0.717, 1.165) is 6.29 Å². The first-order chi connectivity index (χ1) is 7.06. The Morgan fingerprint density at radius 1 is 1.53 bits per heavy atom. The van der Waals surface area contributed by atoms with Gasteiger partial charge in [0.1, 0.15) is 0 Å². The van der Waals surface area contributed by atoms with Gasteiger partial charge in [0.05, 0.1) is 10.0 Å². The molecule has 0 N–H and O–H groups in total. The second-order valence-electron chi connectivity index (χ2n) is 3.04. The van der Waals surface area contributed by atoms with E-state index in [2.05, 4.69) is 15.9 Å². The van der Waals surface area contributed by atoms with Crippen molar-refractivity contribution in [1.82, 2.24) is 4.90 Å². The fourth-order valence-electron chi connectivity index (χ4n) is 0.905. The Labute approximate surface area is 102 Å². The van der Waals surface area contributed by atoms with Crippen molar-refractivity contribution in [3.63, 3.8) is 0 Å². The molecule has 0 radical (unpaired) electrons. The molecule has 0 spiro atoms. The van der Waals surface area contributed by atoms with Crippen LogP contribution in [0.1, 0.15) is 10.4 Å². The average molecular weight is 288 g/mol. The van der Waals surface area contributed by atoms with Crippen LogP contribution in [0.15, 0.2) is 22.7 Å². The predicted octanol–water partition coefficient (Wildman–Crippen LogP) is 2.49. The number of hydrogen-bond acceptors (Lipinski definition) is 3. The minimum atomic E-state index is 0.310. The number of thiocarbonyl (C=S) groups is 1. The van der Waals surface area contributed by atoms with E-state index in [-0.39, 0.29) is 0 Å². The van der Waals surface area contributed by atoms with Crippen LogP contribution < -0.4 is 4.74 Å². The zero-order valence-corrected chi connectivity index (χ0v) is 10.8. The van der Waals surface area contributed by atoms with Gasteiger partial charge in [-0.05, 0) is 40.3 Å². The van der Waals surface area contributed by atoms with E-state index in [1.165, 1.54) is 0 Å². The Balaban J connectivity index is 3.02. The number of nitrogens with zero attached hydrogens (tertiary/aromatic N) is 1. The van der Waals surface area contributed by atoms with Gasteiger partial charge in [0.2, 0.25) is 0 Å². The summed E-state index contributed by atoms with van der Waals surface area (Å²) in [6, 6.07) is 5.23. The molecule has 0 aliphatic heterocycles. The lowest BCUT2D eigenvalue weighted by Crippen LogP contribution is -2.25. The third kappa shape index (κ3) is 3.00. The van der Waals surface area contributed by atoms with Crippen LogP contribution in [-0.4, -0.2) is 30.5 Å². The first kappa shape index (κ1) is 12.1. The molecule has 0 aliphatic rings. The maximum atomic E-state index is 10.8. The van der Waals surface area contributed by atoms with Crippen molar-refractivity contribution in [2.45, 2.75) is 0 Å². The molecular formula is C10H10BrNO2S. The van der Waals surface area contributed by atoms with Crippen LogP contribution in [-0.2, 0) is 0 Å². The van der Waals surface area contributed by atoms with Gasteiger partial charge in [-0.1, -0.05) is 6.07 Å². The molecule has 0 unspecified atom stereocenters. The van der Waals surface area contributed by atoms with Gasteiger partial charge < -0.3 is 9.64 Å². The smallest absolute Gasteiger partial charge is 0.264 e. The van der Waals surface area contributed by atoms with Gasteiger partial charge in [-0.2, -0.15) is 0 Å². The van der Waals surface area contributed by atoms with Crippen molar-refractivity contribution in [1.29, 1.82) is 0 Å². The van der Waals surface area contributed by atoms with Gasteiger partial charge in [0.25, 0.3) is 5.17 Å². The van der Waals surface area contributed by atoms with Gasteiger partial charge in [-0.25, -0.2) is 0 Å². The van der Waals surface area contributed by atoms with Crippen molar-refractivity contribution in [3.05, 3.63) is 28.2 Å². The summed E-state index contributed by atoms with van der Waals surface area (Å²) < 4.78 is 6.11. The van der Waals surface area contributed by atoms with Crippen LogP contribution >= 0.6 is 28.1 Å². The van der Waals surface area contributed by atoms with Gasteiger partial charge in [0, 0.05) is 14.1 Å². The number of carbonyl (C=O) groups is 1. The van der Waals surface area contributed by atoms with Gasteiger partial charge in [0.15, 0.2) is 12.0 Å². The summed E-state index contributed by atoms with van der Waals surface area (Å²) in [5.41, 5.74) is 0.466. The number of halogens is 1. The summed E-state index contributed by atoms with van der Waals surface area (Å²) in [5.74, 6) is 0.450. The molecule has 1 rings (SSSR count). The third-order valence-electron chi connectivity index (χ3n) is 1.68. The van der Waals surface area contributed by atoms with E-state index in [4.69, 9.17) is 17.0 Å². The fraction of sp³-hybridized carbons (Fsp3) is 0.200. The normalized spacial score (nSPS) is 9.53. The van der Waals surface area contributed by atoms with E-state index >= 15 is 0 Å².